The quantitative estimate of drug-likeness (QED) is 0.407. The summed E-state index contributed by atoms with van der Waals surface area (Å²) in [6.07, 6.45) is 0.698. The molecular formula is C21H24BrNO5. The van der Waals surface area contributed by atoms with Crippen LogP contribution in [0, 0.1) is 0 Å². The predicted octanol–water partition coefficient (Wildman–Crippen LogP) is 3.82. The highest BCUT2D eigenvalue weighted by molar-refractivity contribution is 9.10. The fourth-order valence-electron chi connectivity index (χ4n) is 2.37. The number of methoxy groups -OCH3 is 1. The highest BCUT2D eigenvalue weighted by atomic mass is 79.9. The fraction of sp³-hybridized carbons (Fsp3) is 0.333. The Morgan fingerprint density at radius 2 is 1.71 bits per heavy atom. The summed E-state index contributed by atoms with van der Waals surface area (Å²) >= 11 is 3.45. The lowest BCUT2D eigenvalue weighted by Gasteiger charge is -2.18. The molecule has 0 aliphatic carbocycles. The zero-order valence-corrected chi connectivity index (χ0v) is 17.6. The van der Waals surface area contributed by atoms with Gasteiger partial charge in [0, 0.05) is 24.5 Å². The normalized spacial score (nSPS) is 10.2. The molecule has 0 aromatic heterocycles. The fourth-order valence-corrected chi connectivity index (χ4v) is 2.78. The molecule has 0 saturated heterocycles. The van der Waals surface area contributed by atoms with Crippen LogP contribution in [-0.4, -0.2) is 44.1 Å². The minimum absolute atomic E-state index is 0.192. The van der Waals surface area contributed by atoms with Gasteiger partial charge in [-0.05, 0) is 42.3 Å². The molecular weight excluding hydrogens is 426 g/mol. The molecule has 0 fully saturated rings. The van der Waals surface area contributed by atoms with Gasteiger partial charge in [-0.2, -0.15) is 0 Å². The summed E-state index contributed by atoms with van der Waals surface area (Å²) in [4.78, 5) is 25.5. The number of rotatable bonds is 10. The molecule has 0 heterocycles. The first kappa shape index (κ1) is 21.8. The van der Waals surface area contributed by atoms with Crippen LogP contribution in [0.25, 0.3) is 0 Å². The first-order chi connectivity index (χ1) is 13.5. The van der Waals surface area contributed by atoms with Crippen molar-refractivity contribution in [1.82, 2.24) is 4.90 Å². The Balaban J connectivity index is 1.63. The van der Waals surface area contributed by atoms with E-state index in [0.717, 1.165) is 15.8 Å². The van der Waals surface area contributed by atoms with Gasteiger partial charge in [0.05, 0.1) is 13.7 Å². The zero-order valence-electron chi connectivity index (χ0n) is 16.0. The number of benzene rings is 2. The van der Waals surface area contributed by atoms with E-state index in [1.165, 1.54) is 4.90 Å². The van der Waals surface area contributed by atoms with Gasteiger partial charge in [0.2, 0.25) is 0 Å². The van der Waals surface area contributed by atoms with Crippen molar-refractivity contribution in [3.8, 4) is 11.5 Å². The molecule has 0 N–H and O–H groups in total. The molecule has 2 aromatic rings. The summed E-state index contributed by atoms with van der Waals surface area (Å²) < 4.78 is 16.6. The number of halogens is 1. The van der Waals surface area contributed by atoms with Gasteiger partial charge in [-0.1, -0.05) is 34.1 Å². The first-order valence-electron chi connectivity index (χ1n) is 8.89. The van der Waals surface area contributed by atoms with E-state index >= 15 is 0 Å². The second-order valence-electron chi connectivity index (χ2n) is 6.13. The van der Waals surface area contributed by atoms with Crippen molar-refractivity contribution in [2.24, 2.45) is 0 Å². The number of carbonyl (C=O) groups is 2. The van der Waals surface area contributed by atoms with Crippen LogP contribution < -0.4 is 9.47 Å². The Bertz CT molecular complexity index is 779. The van der Waals surface area contributed by atoms with Gasteiger partial charge >= 0.3 is 5.97 Å². The summed E-state index contributed by atoms with van der Waals surface area (Å²) in [5.74, 6) is 0.794. The summed E-state index contributed by atoms with van der Waals surface area (Å²) in [5, 5.41) is 0. The number of amides is 1. The Labute approximate surface area is 173 Å². The van der Waals surface area contributed by atoms with E-state index in [9.17, 15) is 9.59 Å². The van der Waals surface area contributed by atoms with Crippen LogP contribution in [0.1, 0.15) is 18.4 Å². The van der Waals surface area contributed by atoms with Gasteiger partial charge in [-0.3, -0.25) is 9.59 Å². The molecule has 28 heavy (non-hydrogen) atoms. The Morgan fingerprint density at radius 3 is 2.39 bits per heavy atom. The Kier molecular flexibility index (Phi) is 8.81. The lowest BCUT2D eigenvalue weighted by molar-refractivity contribution is -0.151. The van der Waals surface area contributed by atoms with Crippen LogP contribution >= 0.6 is 15.9 Å². The lowest BCUT2D eigenvalue weighted by atomic mass is 10.2. The maximum absolute atomic E-state index is 12.1. The van der Waals surface area contributed by atoms with E-state index in [-0.39, 0.29) is 18.9 Å². The standard InChI is InChI=1S/C21H24BrNO5/c1-23(14-16-6-3-4-7-19(16)22)20(24)15-28-21(25)8-5-13-27-18-11-9-17(26-2)10-12-18/h3-4,6-7,9-12H,5,8,13-15H2,1-2H3. The van der Waals surface area contributed by atoms with Crippen molar-refractivity contribution in [2.75, 3.05) is 27.4 Å². The largest absolute Gasteiger partial charge is 0.497 e. The van der Waals surface area contributed by atoms with Crippen LogP contribution in [0.4, 0.5) is 0 Å². The average molecular weight is 450 g/mol. The minimum Gasteiger partial charge on any atom is -0.497 e. The lowest BCUT2D eigenvalue weighted by Crippen LogP contribution is -2.31. The number of hydrogen-bond donors (Lipinski definition) is 0. The summed E-state index contributed by atoms with van der Waals surface area (Å²) in [6, 6.07) is 14.9. The molecule has 0 spiro atoms. The molecule has 6 nitrogen and oxygen atoms in total. The SMILES string of the molecule is COc1ccc(OCCCC(=O)OCC(=O)N(C)Cc2ccccc2Br)cc1. The molecule has 150 valence electrons. The molecule has 0 aliphatic heterocycles. The Morgan fingerprint density at radius 1 is 1.04 bits per heavy atom. The third kappa shape index (κ3) is 7.23. The zero-order chi connectivity index (χ0) is 20.4. The summed E-state index contributed by atoms with van der Waals surface area (Å²) in [6.45, 7) is 0.559. The predicted molar refractivity (Wildman–Crippen MR) is 109 cm³/mol. The summed E-state index contributed by atoms with van der Waals surface area (Å²) in [7, 11) is 3.28. The molecule has 0 bridgehead atoms. The molecule has 2 rings (SSSR count). The van der Waals surface area contributed by atoms with E-state index in [1.54, 1.807) is 38.4 Å². The molecule has 0 radical (unpaired) electrons. The van der Waals surface area contributed by atoms with E-state index in [4.69, 9.17) is 14.2 Å². The van der Waals surface area contributed by atoms with Crippen LogP contribution in [0.15, 0.2) is 53.0 Å². The average Bonchev–Trinajstić information content (AvgIpc) is 2.71. The molecule has 1 amide bonds. The van der Waals surface area contributed by atoms with Gasteiger partial charge in [0.15, 0.2) is 6.61 Å². The molecule has 0 aliphatic rings. The first-order valence-corrected chi connectivity index (χ1v) is 9.68. The smallest absolute Gasteiger partial charge is 0.306 e. The van der Waals surface area contributed by atoms with Crippen molar-refractivity contribution >= 4 is 27.8 Å². The van der Waals surface area contributed by atoms with Crippen LogP contribution in [0.2, 0.25) is 0 Å². The number of hydrogen-bond acceptors (Lipinski definition) is 5. The number of ether oxygens (including phenoxy) is 3. The van der Waals surface area contributed by atoms with Gasteiger partial charge in [0.1, 0.15) is 11.5 Å². The third-order valence-electron chi connectivity index (χ3n) is 4.00. The molecule has 0 atom stereocenters. The van der Waals surface area contributed by atoms with E-state index in [2.05, 4.69) is 15.9 Å². The van der Waals surface area contributed by atoms with Crippen molar-refractivity contribution < 1.29 is 23.8 Å². The number of likely N-dealkylation sites (N-methyl/N-ethyl adjacent to an activating group) is 1. The minimum atomic E-state index is -0.416. The highest BCUT2D eigenvalue weighted by Crippen LogP contribution is 2.18. The monoisotopic (exact) mass is 449 g/mol. The van der Waals surface area contributed by atoms with Gasteiger partial charge in [0.25, 0.3) is 5.91 Å². The van der Waals surface area contributed by atoms with Gasteiger partial charge in [-0.25, -0.2) is 0 Å². The van der Waals surface area contributed by atoms with Crippen molar-refractivity contribution in [1.29, 1.82) is 0 Å². The number of nitrogens with zero attached hydrogens (tertiary/aromatic N) is 1. The van der Waals surface area contributed by atoms with Crippen LogP contribution in [0.5, 0.6) is 11.5 Å². The number of carbonyl (C=O) groups excluding carboxylic acids is 2. The third-order valence-corrected chi connectivity index (χ3v) is 4.77. The molecule has 0 unspecified atom stereocenters. The van der Waals surface area contributed by atoms with Crippen molar-refractivity contribution in [2.45, 2.75) is 19.4 Å². The molecule has 2 aromatic carbocycles. The number of esters is 1. The van der Waals surface area contributed by atoms with Gasteiger partial charge < -0.3 is 19.1 Å². The van der Waals surface area contributed by atoms with E-state index in [0.29, 0.717) is 25.3 Å². The van der Waals surface area contributed by atoms with Gasteiger partial charge in [-0.15, -0.1) is 0 Å². The second kappa shape index (κ2) is 11.3. The van der Waals surface area contributed by atoms with Crippen LogP contribution in [0.3, 0.4) is 0 Å². The molecule has 0 saturated carbocycles. The molecule has 7 heteroatoms. The maximum atomic E-state index is 12.1. The van der Waals surface area contributed by atoms with Crippen molar-refractivity contribution in [3.05, 3.63) is 58.6 Å². The topological polar surface area (TPSA) is 65.1 Å². The Hall–Kier alpha value is -2.54. The highest BCUT2D eigenvalue weighted by Gasteiger charge is 2.13. The summed E-state index contributed by atoms with van der Waals surface area (Å²) in [5.41, 5.74) is 0.986. The second-order valence-corrected chi connectivity index (χ2v) is 6.98. The van der Waals surface area contributed by atoms with Crippen molar-refractivity contribution in [3.63, 3.8) is 0 Å². The van der Waals surface area contributed by atoms with E-state index in [1.807, 2.05) is 24.3 Å². The van der Waals surface area contributed by atoms with Crippen LogP contribution in [-0.2, 0) is 20.9 Å². The maximum Gasteiger partial charge on any atom is 0.306 e. The van der Waals surface area contributed by atoms with E-state index < -0.39 is 5.97 Å².